The van der Waals surface area contributed by atoms with Gasteiger partial charge in [0.05, 0.1) is 7.11 Å². The molecule has 3 saturated carbocycles. The molecule has 0 radical (unpaired) electrons. The highest BCUT2D eigenvalue weighted by Crippen LogP contribution is 2.37. The standard InChI is InChI=1S/C16H28N2O2/c1-18(11-12-5-6-12)14-4-3-9-16(10-14,15(19)20-2)17-13-7-8-13/h12-14,17H,3-11H2,1-2H3. The Morgan fingerprint density at radius 1 is 1.30 bits per heavy atom. The van der Waals surface area contributed by atoms with Gasteiger partial charge in [-0.05, 0) is 64.3 Å². The zero-order valence-corrected chi connectivity index (χ0v) is 12.9. The van der Waals surface area contributed by atoms with E-state index in [1.807, 2.05) is 0 Å². The fraction of sp³-hybridized carbons (Fsp3) is 0.938. The molecule has 0 amide bonds. The summed E-state index contributed by atoms with van der Waals surface area (Å²) in [4.78, 5) is 14.8. The van der Waals surface area contributed by atoms with Crippen molar-refractivity contribution < 1.29 is 9.53 Å². The Bertz CT molecular complexity index is 365. The molecule has 114 valence electrons. The molecule has 4 nitrogen and oxygen atoms in total. The molecule has 0 aromatic carbocycles. The van der Waals surface area contributed by atoms with E-state index in [4.69, 9.17) is 4.74 Å². The maximum Gasteiger partial charge on any atom is 0.326 e. The van der Waals surface area contributed by atoms with Crippen LogP contribution < -0.4 is 5.32 Å². The smallest absolute Gasteiger partial charge is 0.326 e. The van der Waals surface area contributed by atoms with Gasteiger partial charge in [0, 0.05) is 18.6 Å². The molecule has 3 rings (SSSR count). The highest BCUT2D eigenvalue weighted by molar-refractivity contribution is 5.81. The first-order valence-electron chi connectivity index (χ1n) is 8.19. The second-order valence-electron chi connectivity index (χ2n) is 7.13. The van der Waals surface area contributed by atoms with Gasteiger partial charge in [0.25, 0.3) is 0 Å². The van der Waals surface area contributed by atoms with E-state index in [0.717, 1.165) is 25.2 Å². The number of ether oxygens (including phenoxy) is 1. The van der Waals surface area contributed by atoms with Crippen LogP contribution in [0.25, 0.3) is 0 Å². The topological polar surface area (TPSA) is 41.6 Å². The molecule has 3 aliphatic carbocycles. The normalized spacial score (nSPS) is 34.2. The van der Waals surface area contributed by atoms with Gasteiger partial charge in [-0.1, -0.05) is 0 Å². The van der Waals surface area contributed by atoms with Gasteiger partial charge in [0.2, 0.25) is 0 Å². The minimum Gasteiger partial charge on any atom is -0.468 e. The summed E-state index contributed by atoms with van der Waals surface area (Å²) in [5.74, 6) is 0.861. The van der Waals surface area contributed by atoms with Gasteiger partial charge in [-0.3, -0.25) is 10.1 Å². The number of nitrogens with zero attached hydrogens (tertiary/aromatic N) is 1. The van der Waals surface area contributed by atoms with Gasteiger partial charge in [0.1, 0.15) is 5.54 Å². The van der Waals surface area contributed by atoms with Crippen LogP contribution in [0.1, 0.15) is 51.4 Å². The molecule has 4 heteroatoms. The molecule has 0 saturated heterocycles. The van der Waals surface area contributed by atoms with Crippen LogP contribution in [-0.4, -0.2) is 49.2 Å². The van der Waals surface area contributed by atoms with Crippen molar-refractivity contribution >= 4 is 5.97 Å². The molecule has 3 aliphatic rings. The van der Waals surface area contributed by atoms with Crippen LogP contribution >= 0.6 is 0 Å². The lowest BCUT2D eigenvalue weighted by molar-refractivity contribution is -0.151. The van der Waals surface area contributed by atoms with E-state index in [1.165, 1.54) is 45.8 Å². The number of nitrogens with one attached hydrogen (secondary N) is 1. The first-order chi connectivity index (χ1) is 9.63. The van der Waals surface area contributed by atoms with Crippen LogP contribution in [0.3, 0.4) is 0 Å². The summed E-state index contributed by atoms with van der Waals surface area (Å²) in [5.41, 5.74) is -0.420. The highest BCUT2D eigenvalue weighted by Gasteiger charge is 2.47. The summed E-state index contributed by atoms with van der Waals surface area (Å²) in [6, 6.07) is 1.07. The number of methoxy groups -OCH3 is 1. The van der Waals surface area contributed by atoms with Gasteiger partial charge < -0.3 is 9.64 Å². The zero-order chi connectivity index (χ0) is 14.2. The van der Waals surface area contributed by atoms with Crippen molar-refractivity contribution in [1.29, 1.82) is 0 Å². The van der Waals surface area contributed by atoms with Crippen molar-refractivity contribution in [3.63, 3.8) is 0 Å². The SMILES string of the molecule is COC(=O)C1(NC2CC2)CCCC(N(C)CC2CC2)C1. The molecule has 3 fully saturated rings. The number of rotatable bonds is 6. The van der Waals surface area contributed by atoms with E-state index in [-0.39, 0.29) is 5.97 Å². The molecule has 0 aliphatic heterocycles. The molecule has 0 aromatic rings. The van der Waals surface area contributed by atoms with Crippen LogP contribution in [0.2, 0.25) is 0 Å². The van der Waals surface area contributed by atoms with Crippen molar-refractivity contribution in [3.8, 4) is 0 Å². The van der Waals surface area contributed by atoms with Gasteiger partial charge >= 0.3 is 5.97 Å². The average molecular weight is 280 g/mol. The maximum absolute atomic E-state index is 12.4. The summed E-state index contributed by atoms with van der Waals surface area (Å²) < 4.78 is 5.12. The average Bonchev–Trinajstić information content (AvgIpc) is 3.34. The maximum atomic E-state index is 12.4. The third-order valence-electron chi connectivity index (χ3n) is 5.23. The van der Waals surface area contributed by atoms with Crippen molar-refractivity contribution in [2.75, 3.05) is 20.7 Å². The lowest BCUT2D eigenvalue weighted by Gasteiger charge is -2.42. The number of carbonyl (C=O) groups is 1. The third-order valence-corrected chi connectivity index (χ3v) is 5.23. The van der Waals surface area contributed by atoms with Gasteiger partial charge in [0.15, 0.2) is 0 Å². The van der Waals surface area contributed by atoms with Gasteiger partial charge in [-0.15, -0.1) is 0 Å². The fourth-order valence-corrected chi connectivity index (χ4v) is 3.67. The van der Waals surface area contributed by atoms with E-state index in [0.29, 0.717) is 12.1 Å². The first-order valence-corrected chi connectivity index (χ1v) is 8.19. The van der Waals surface area contributed by atoms with Crippen LogP contribution in [-0.2, 0) is 9.53 Å². The quantitative estimate of drug-likeness (QED) is 0.755. The van der Waals surface area contributed by atoms with Crippen LogP contribution in [0.4, 0.5) is 0 Å². The van der Waals surface area contributed by atoms with E-state index in [9.17, 15) is 4.79 Å². The van der Waals surface area contributed by atoms with Crippen LogP contribution in [0.5, 0.6) is 0 Å². The van der Waals surface area contributed by atoms with Crippen LogP contribution in [0, 0.1) is 5.92 Å². The third kappa shape index (κ3) is 3.17. The number of hydrogen-bond donors (Lipinski definition) is 1. The molecule has 0 aromatic heterocycles. The Balaban J connectivity index is 1.66. The number of esters is 1. The number of hydrogen-bond acceptors (Lipinski definition) is 4. The van der Waals surface area contributed by atoms with Crippen LogP contribution in [0.15, 0.2) is 0 Å². The summed E-state index contributed by atoms with van der Waals surface area (Å²) in [5, 5.41) is 3.61. The lowest BCUT2D eigenvalue weighted by Crippen LogP contribution is -2.59. The lowest BCUT2D eigenvalue weighted by atomic mass is 9.78. The first kappa shape index (κ1) is 14.3. The number of carbonyl (C=O) groups excluding carboxylic acids is 1. The van der Waals surface area contributed by atoms with Crippen molar-refractivity contribution in [2.24, 2.45) is 5.92 Å². The largest absolute Gasteiger partial charge is 0.468 e. The minimum atomic E-state index is -0.420. The highest BCUT2D eigenvalue weighted by atomic mass is 16.5. The van der Waals surface area contributed by atoms with E-state index in [2.05, 4.69) is 17.3 Å². The Hall–Kier alpha value is -0.610. The van der Waals surface area contributed by atoms with Crippen molar-refractivity contribution in [2.45, 2.75) is 69.0 Å². The molecule has 2 unspecified atom stereocenters. The zero-order valence-electron chi connectivity index (χ0n) is 12.9. The predicted molar refractivity (Wildman–Crippen MR) is 78.5 cm³/mol. The van der Waals surface area contributed by atoms with E-state index in [1.54, 1.807) is 0 Å². The molecule has 0 spiro atoms. The predicted octanol–water partition coefficient (Wildman–Crippen LogP) is 1.93. The van der Waals surface area contributed by atoms with E-state index >= 15 is 0 Å². The van der Waals surface area contributed by atoms with Crippen molar-refractivity contribution in [3.05, 3.63) is 0 Å². The minimum absolute atomic E-state index is 0.0473. The monoisotopic (exact) mass is 280 g/mol. The fourth-order valence-electron chi connectivity index (χ4n) is 3.67. The van der Waals surface area contributed by atoms with Crippen molar-refractivity contribution in [1.82, 2.24) is 10.2 Å². The molecule has 0 bridgehead atoms. The molecule has 0 heterocycles. The summed E-state index contributed by atoms with van der Waals surface area (Å²) >= 11 is 0. The Kier molecular flexibility index (Phi) is 4.04. The Morgan fingerprint density at radius 3 is 2.65 bits per heavy atom. The molecular formula is C16H28N2O2. The Morgan fingerprint density at radius 2 is 2.05 bits per heavy atom. The summed E-state index contributed by atoms with van der Waals surface area (Å²) in [6.45, 7) is 1.20. The Labute approximate surface area is 122 Å². The molecule has 1 N–H and O–H groups in total. The van der Waals surface area contributed by atoms with Gasteiger partial charge in [-0.2, -0.15) is 0 Å². The van der Waals surface area contributed by atoms with E-state index < -0.39 is 5.54 Å². The molecular weight excluding hydrogens is 252 g/mol. The summed E-state index contributed by atoms with van der Waals surface area (Å²) in [6.07, 6.45) is 9.38. The van der Waals surface area contributed by atoms with Gasteiger partial charge in [-0.25, -0.2) is 0 Å². The summed E-state index contributed by atoms with van der Waals surface area (Å²) in [7, 11) is 3.75. The second-order valence-corrected chi connectivity index (χ2v) is 7.13. The molecule has 2 atom stereocenters. The second kappa shape index (κ2) is 5.64. The molecule has 20 heavy (non-hydrogen) atoms.